The summed E-state index contributed by atoms with van der Waals surface area (Å²) < 4.78 is 1.76. The molecule has 4 aromatic rings. The Labute approximate surface area is 132 Å². The van der Waals surface area contributed by atoms with Gasteiger partial charge in [-0.2, -0.15) is 5.10 Å². The van der Waals surface area contributed by atoms with Crippen LogP contribution in [0.1, 0.15) is 0 Å². The molecule has 5 heteroatoms. The molecule has 106 valence electrons. The smallest absolute Gasteiger partial charge is 0.161 e. The molecular formula is C17H11ClN4. The Kier molecular flexibility index (Phi) is 3.09. The highest BCUT2D eigenvalue weighted by Crippen LogP contribution is 2.27. The second kappa shape index (κ2) is 5.24. The van der Waals surface area contributed by atoms with Crippen LogP contribution in [0, 0.1) is 0 Å². The average Bonchev–Trinajstić information content (AvgIpc) is 3.06. The highest BCUT2D eigenvalue weighted by molar-refractivity contribution is 6.35. The Hall–Kier alpha value is -2.72. The van der Waals surface area contributed by atoms with Crippen LogP contribution in [0.4, 0.5) is 0 Å². The van der Waals surface area contributed by atoms with E-state index in [2.05, 4.69) is 15.1 Å². The number of fused-ring (bicyclic) bond motifs is 1. The number of benzene rings is 1. The first-order valence-corrected chi connectivity index (χ1v) is 7.20. The van der Waals surface area contributed by atoms with Gasteiger partial charge in [0.15, 0.2) is 5.82 Å². The SMILES string of the molecule is Clc1cnc(-n2ccc(-c3cccnc3)n2)c2ccccc12. The van der Waals surface area contributed by atoms with E-state index in [4.69, 9.17) is 11.6 Å². The van der Waals surface area contributed by atoms with Crippen molar-refractivity contribution in [1.82, 2.24) is 19.7 Å². The molecule has 0 aliphatic rings. The Morgan fingerprint density at radius 1 is 0.909 bits per heavy atom. The van der Waals surface area contributed by atoms with Crippen molar-refractivity contribution in [2.75, 3.05) is 0 Å². The van der Waals surface area contributed by atoms with Crippen LogP contribution in [0.15, 0.2) is 67.3 Å². The zero-order chi connectivity index (χ0) is 14.9. The van der Waals surface area contributed by atoms with Crippen LogP contribution >= 0.6 is 11.6 Å². The number of halogens is 1. The van der Waals surface area contributed by atoms with Crippen LogP contribution in [0.3, 0.4) is 0 Å². The molecule has 0 atom stereocenters. The average molecular weight is 307 g/mol. The number of hydrogen-bond acceptors (Lipinski definition) is 3. The van der Waals surface area contributed by atoms with E-state index in [-0.39, 0.29) is 0 Å². The molecule has 0 radical (unpaired) electrons. The van der Waals surface area contributed by atoms with Crippen LogP contribution in [0.2, 0.25) is 5.02 Å². The Balaban J connectivity index is 1.87. The Morgan fingerprint density at radius 3 is 2.59 bits per heavy atom. The highest BCUT2D eigenvalue weighted by atomic mass is 35.5. The van der Waals surface area contributed by atoms with E-state index < -0.39 is 0 Å². The van der Waals surface area contributed by atoms with Crippen molar-refractivity contribution < 1.29 is 0 Å². The molecular weight excluding hydrogens is 296 g/mol. The predicted molar refractivity (Wildman–Crippen MR) is 87.1 cm³/mol. The maximum Gasteiger partial charge on any atom is 0.161 e. The minimum Gasteiger partial charge on any atom is -0.264 e. The van der Waals surface area contributed by atoms with Gasteiger partial charge in [0, 0.05) is 41.1 Å². The molecule has 22 heavy (non-hydrogen) atoms. The first-order valence-electron chi connectivity index (χ1n) is 6.82. The molecule has 0 fully saturated rings. The minimum absolute atomic E-state index is 0.638. The zero-order valence-corrected chi connectivity index (χ0v) is 12.3. The van der Waals surface area contributed by atoms with Crippen LogP contribution in [0.25, 0.3) is 27.8 Å². The van der Waals surface area contributed by atoms with Crippen molar-refractivity contribution in [3.63, 3.8) is 0 Å². The van der Waals surface area contributed by atoms with Crippen molar-refractivity contribution >= 4 is 22.4 Å². The molecule has 1 aromatic carbocycles. The normalized spacial score (nSPS) is 11.0. The number of pyridine rings is 2. The Morgan fingerprint density at radius 2 is 1.77 bits per heavy atom. The van der Waals surface area contributed by atoms with Crippen molar-refractivity contribution in [3.8, 4) is 17.1 Å². The topological polar surface area (TPSA) is 43.6 Å². The summed E-state index contributed by atoms with van der Waals surface area (Å²) in [6, 6.07) is 13.7. The zero-order valence-electron chi connectivity index (χ0n) is 11.5. The lowest BCUT2D eigenvalue weighted by Crippen LogP contribution is -1.99. The fourth-order valence-electron chi connectivity index (χ4n) is 2.44. The number of hydrogen-bond donors (Lipinski definition) is 0. The molecule has 0 saturated carbocycles. The van der Waals surface area contributed by atoms with E-state index >= 15 is 0 Å². The van der Waals surface area contributed by atoms with Gasteiger partial charge in [0.2, 0.25) is 0 Å². The predicted octanol–water partition coefficient (Wildman–Crippen LogP) is 4.14. The van der Waals surface area contributed by atoms with Gasteiger partial charge in [0.05, 0.1) is 10.7 Å². The number of rotatable bonds is 2. The van der Waals surface area contributed by atoms with Gasteiger partial charge in [-0.1, -0.05) is 35.9 Å². The van der Waals surface area contributed by atoms with Crippen LogP contribution in [0.5, 0.6) is 0 Å². The fourth-order valence-corrected chi connectivity index (χ4v) is 2.65. The lowest BCUT2D eigenvalue weighted by Gasteiger charge is -2.06. The maximum atomic E-state index is 6.22. The molecule has 0 bridgehead atoms. The van der Waals surface area contributed by atoms with Gasteiger partial charge in [-0.15, -0.1) is 0 Å². The van der Waals surface area contributed by atoms with Gasteiger partial charge < -0.3 is 0 Å². The van der Waals surface area contributed by atoms with E-state index in [0.29, 0.717) is 5.02 Å². The highest BCUT2D eigenvalue weighted by Gasteiger charge is 2.10. The summed E-state index contributed by atoms with van der Waals surface area (Å²) in [5.41, 5.74) is 1.83. The van der Waals surface area contributed by atoms with E-state index in [9.17, 15) is 0 Å². The van der Waals surface area contributed by atoms with Gasteiger partial charge in [0.25, 0.3) is 0 Å². The molecule has 0 unspecified atom stereocenters. The van der Waals surface area contributed by atoms with Gasteiger partial charge in [-0.05, 0) is 18.2 Å². The molecule has 0 amide bonds. The van der Waals surface area contributed by atoms with E-state index in [1.807, 2.05) is 48.7 Å². The summed E-state index contributed by atoms with van der Waals surface area (Å²) in [7, 11) is 0. The van der Waals surface area contributed by atoms with Crippen LogP contribution < -0.4 is 0 Å². The quantitative estimate of drug-likeness (QED) is 0.559. The third-order valence-corrected chi connectivity index (χ3v) is 3.79. The molecule has 3 heterocycles. The van der Waals surface area contributed by atoms with Crippen molar-refractivity contribution in [3.05, 3.63) is 72.3 Å². The molecule has 4 nitrogen and oxygen atoms in total. The monoisotopic (exact) mass is 306 g/mol. The van der Waals surface area contributed by atoms with Gasteiger partial charge in [-0.25, -0.2) is 9.67 Å². The van der Waals surface area contributed by atoms with E-state index in [1.54, 1.807) is 23.3 Å². The third kappa shape index (κ3) is 2.14. The van der Waals surface area contributed by atoms with Crippen LogP contribution in [-0.4, -0.2) is 19.7 Å². The van der Waals surface area contributed by atoms with Crippen molar-refractivity contribution in [2.45, 2.75) is 0 Å². The van der Waals surface area contributed by atoms with Crippen molar-refractivity contribution in [2.24, 2.45) is 0 Å². The summed E-state index contributed by atoms with van der Waals surface area (Å²) in [6.45, 7) is 0. The van der Waals surface area contributed by atoms with E-state index in [1.165, 1.54) is 0 Å². The van der Waals surface area contributed by atoms with Gasteiger partial charge in [0.1, 0.15) is 0 Å². The largest absolute Gasteiger partial charge is 0.264 e. The molecule has 0 spiro atoms. The lowest BCUT2D eigenvalue weighted by molar-refractivity contribution is 0.859. The first-order chi connectivity index (χ1) is 10.8. The van der Waals surface area contributed by atoms with Crippen LogP contribution in [-0.2, 0) is 0 Å². The van der Waals surface area contributed by atoms with Gasteiger partial charge >= 0.3 is 0 Å². The van der Waals surface area contributed by atoms with Crippen molar-refractivity contribution in [1.29, 1.82) is 0 Å². The second-order valence-corrected chi connectivity index (χ2v) is 5.27. The molecule has 4 rings (SSSR count). The standard InChI is InChI=1S/C17H11ClN4/c18-15-11-20-17(14-6-2-1-5-13(14)15)22-9-7-16(21-22)12-4-3-8-19-10-12/h1-11H. The van der Waals surface area contributed by atoms with E-state index in [0.717, 1.165) is 27.8 Å². The Bertz CT molecular complexity index is 947. The summed E-state index contributed by atoms with van der Waals surface area (Å²) in [4.78, 5) is 8.56. The minimum atomic E-state index is 0.638. The molecule has 0 N–H and O–H groups in total. The van der Waals surface area contributed by atoms with Gasteiger partial charge in [-0.3, -0.25) is 4.98 Å². The number of nitrogens with zero attached hydrogens (tertiary/aromatic N) is 4. The fraction of sp³-hybridized carbons (Fsp3) is 0. The second-order valence-electron chi connectivity index (χ2n) is 4.86. The lowest BCUT2D eigenvalue weighted by atomic mass is 10.1. The maximum absolute atomic E-state index is 6.22. The molecule has 0 aliphatic heterocycles. The summed E-state index contributed by atoms with van der Waals surface area (Å²) in [5, 5.41) is 7.17. The summed E-state index contributed by atoms with van der Waals surface area (Å²) in [5.74, 6) is 0.759. The third-order valence-electron chi connectivity index (χ3n) is 3.49. The molecule has 0 saturated heterocycles. The molecule has 0 aliphatic carbocycles. The molecule has 3 aromatic heterocycles. The first kappa shape index (κ1) is 13.0. The number of aromatic nitrogens is 4. The summed E-state index contributed by atoms with van der Waals surface area (Å²) in [6.07, 6.45) is 7.09. The summed E-state index contributed by atoms with van der Waals surface area (Å²) >= 11 is 6.22.